The van der Waals surface area contributed by atoms with Crippen molar-refractivity contribution in [2.24, 2.45) is 0 Å². The van der Waals surface area contributed by atoms with Crippen LogP contribution < -0.4 is 5.32 Å². The lowest BCUT2D eigenvalue weighted by Crippen LogP contribution is -2.18. The van der Waals surface area contributed by atoms with E-state index in [0.717, 1.165) is 36.7 Å². The average Bonchev–Trinajstić information content (AvgIpc) is 2.68. The highest BCUT2D eigenvalue weighted by Gasteiger charge is 2.23. The molecule has 0 aliphatic carbocycles. The van der Waals surface area contributed by atoms with Crippen LogP contribution in [0.5, 0.6) is 0 Å². The summed E-state index contributed by atoms with van der Waals surface area (Å²) in [6, 6.07) is 2.10. The zero-order chi connectivity index (χ0) is 11.8. The van der Waals surface area contributed by atoms with E-state index in [-0.39, 0.29) is 5.41 Å². The Bertz CT molecular complexity index is 373. The summed E-state index contributed by atoms with van der Waals surface area (Å²) in [5.41, 5.74) is 2.35. The molecule has 16 heavy (non-hydrogen) atoms. The largest absolute Gasteiger partial charge is 0.316 e. The summed E-state index contributed by atoms with van der Waals surface area (Å²) < 4.78 is 0. The van der Waals surface area contributed by atoms with Gasteiger partial charge in [-0.1, -0.05) is 20.8 Å². The zero-order valence-corrected chi connectivity index (χ0v) is 10.7. The Morgan fingerprint density at radius 1 is 1.31 bits per heavy atom. The molecule has 0 amide bonds. The molecule has 1 aromatic heterocycles. The molecule has 1 N–H and O–H groups in total. The Labute approximate surface area is 97.7 Å². The molecule has 1 saturated heterocycles. The minimum atomic E-state index is 0.106. The zero-order valence-electron chi connectivity index (χ0n) is 10.7. The fourth-order valence-electron chi connectivity index (χ4n) is 2.03. The second kappa shape index (κ2) is 4.13. The van der Waals surface area contributed by atoms with Gasteiger partial charge in [0.1, 0.15) is 5.82 Å². The van der Waals surface area contributed by atoms with Gasteiger partial charge in [-0.15, -0.1) is 0 Å². The molecule has 1 fully saturated rings. The minimum absolute atomic E-state index is 0.106. The Balaban J connectivity index is 2.35. The highest BCUT2D eigenvalue weighted by molar-refractivity contribution is 5.19. The second-order valence-electron chi connectivity index (χ2n) is 5.69. The second-order valence-corrected chi connectivity index (χ2v) is 5.69. The topological polar surface area (TPSA) is 37.8 Å². The number of aromatic nitrogens is 2. The maximum Gasteiger partial charge on any atom is 0.133 e. The van der Waals surface area contributed by atoms with Gasteiger partial charge in [-0.2, -0.15) is 0 Å². The van der Waals surface area contributed by atoms with Crippen molar-refractivity contribution >= 4 is 0 Å². The Morgan fingerprint density at radius 3 is 2.62 bits per heavy atom. The molecule has 1 atom stereocenters. The number of hydrogen-bond donors (Lipinski definition) is 1. The highest BCUT2D eigenvalue weighted by atomic mass is 15.0. The van der Waals surface area contributed by atoms with E-state index in [4.69, 9.17) is 4.98 Å². The predicted octanol–water partition coefficient (Wildman–Crippen LogP) is 2.16. The van der Waals surface area contributed by atoms with Crippen LogP contribution in [0.25, 0.3) is 0 Å². The predicted molar refractivity (Wildman–Crippen MR) is 65.7 cm³/mol. The van der Waals surface area contributed by atoms with E-state index >= 15 is 0 Å². The van der Waals surface area contributed by atoms with Crippen LogP contribution in [0.4, 0.5) is 0 Å². The molecule has 3 heteroatoms. The van der Waals surface area contributed by atoms with Crippen LogP contribution in [0.3, 0.4) is 0 Å². The highest BCUT2D eigenvalue weighted by Crippen LogP contribution is 2.24. The van der Waals surface area contributed by atoms with Crippen LogP contribution in [0.2, 0.25) is 0 Å². The van der Waals surface area contributed by atoms with Crippen LogP contribution in [-0.4, -0.2) is 23.1 Å². The lowest BCUT2D eigenvalue weighted by molar-refractivity contribution is 0.553. The molecule has 88 valence electrons. The first kappa shape index (κ1) is 11.5. The number of aryl methyl sites for hydroxylation is 1. The van der Waals surface area contributed by atoms with Gasteiger partial charge in [-0.05, 0) is 26.0 Å². The SMILES string of the molecule is Cc1cc(C(C)(C)C)nc(C2CCNC2)n1. The van der Waals surface area contributed by atoms with Crippen LogP contribution >= 0.6 is 0 Å². The van der Waals surface area contributed by atoms with Gasteiger partial charge in [0.25, 0.3) is 0 Å². The maximum atomic E-state index is 4.74. The third kappa shape index (κ3) is 2.40. The molecule has 3 nitrogen and oxygen atoms in total. The summed E-state index contributed by atoms with van der Waals surface area (Å²) in [6.45, 7) is 10.8. The van der Waals surface area contributed by atoms with Crippen molar-refractivity contribution in [3.63, 3.8) is 0 Å². The summed E-state index contributed by atoms with van der Waals surface area (Å²) in [7, 11) is 0. The van der Waals surface area contributed by atoms with Gasteiger partial charge in [0.2, 0.25) is 0 Å². The summed E-state index contributed by atoms with van der Waals surface area (Å²) >= 11 is 0. The van der Waals surface area contributed by atoms with E-state index in [2.05, 4.69) is 44.1 Å². The Morgan fingerprint density at radius 2 is 2.06 bits per heavy atom. The average molecular weight is 219 g/mol. The van der Waals surface area contributed by atoms with Crippen molar-refractivity contribution in [1.29, 1.82) is 0 Å². The van der Waals surface area contributed by atoms with Crippen LogP contribution in [0.1, 0.15) is 50.3 Å². The van der Waals surface area contributed by atoms with Crippen molar-refractivity contribution in [2.45, 2.75) is 45.4 Å². The standard InChI is InChI=1S/C13H21N3/c1-9-7-11(13(2,3)4)16-12(15-9)10-5-6-14-8-10/h7,10,14H,5-6,8H2,1-4H3. The molecule has 2 rings (SSSR count). The molecule has 1 unspecified atom stereocenters. The fraction of sp³-hybridized carbons (Fsp3) is 0.692. The quantitative estimate of drug-likeness (QED) is 0.786. The van der Waals surface area contributed by atoms with E-state index in [9.17, 15) is 0 Å². The Hall–Kier alpha value is -0.960. The molecule has 0 radical (unpaired) electrons. The third-order valence-electron chi connectivity index (χ3n) is 3.07. The van der Waals surface area contributed by atoms with Gasteiger partial charge in [0, 0.05) is 29.3 Å². The third-order valence-corrected chi connectivity index (χ3v) is 3.07. The lowest BCUT2D eigenvalue weighted by Gasteiger charge is -2.20. The van der Waals surface area contributed by atoms with Crippen molar-refractivity contribution in [2.75, 3.05) is 13.1 Å². The van der Waals surface area contributed by atoms with Crippen LogP contribution in [0, 0.1) is 6.92 Å². The first-order valence-corrected chi connectivity index (χ1v) is 6.03. The lowest BCUT2D eigenvalue weighted by atomic mass is 9.91. The van der Waals surface area contributed by atoms with Gasteiger partial charge in [0.15, 0.2) is 0 Å². The first-order valence-electron chi connectivity index (χ1n) is 6.03. The molecule has 2 heterocycles. The monoisotopic (exact) mass is 219 g/mol. The molecule has 0 spiro atoms. The van der Waals surface area contributed by atoms with Gasteiger partial charge in [-0.25, -0.2) is 9.97 Å². The summed E-state index contributed by atoms with van der Waals surface area (Å²) in [5.74, 6) is 1.52. The molecule has 0 saturated carbocycles. The smallest absolute Gasteiger partial charge is 0.133 e. The van der Waals surface area contributed by atoms with E-state index < -0.39 is 0 Å². The van der Waals surface area contributed by atoms with Crippen LogP contribution in [0.15, 0.2) is 6.07 Å². The molecular weight excluding hydrogens is 198 g/mol. The number of nitrogens with zero attached hydrogens (tertiary/aromatic N) is 2. The number of rotatable bonds is 1. The van der Waals surface area contributed by atoms with Crippen LogP contribution in [-0.2, 0) is 5.41 Å². The molecule has 1 aliphatic rings. The van der Waals surface area contributed by atoms with Crippen molar-refractivity contribution in [3.8, 4) is 0 Å². The normalized spacial score (nSPS) is 21.4. The maximum absolute atomic E-state index is 4.74. The molecular formula is C13H21N3. The van der Waals surface area contributed by atoms with Gasteiger partial charge in [0.05, 0.1) is 0 Å². The summed E-state index contributed by atoms with van der Waals surface area (Å²) in [4.78, 5) is 9.31. The summed E-state index contributed by atoms with van der Waals surface area (Å²) in [6.07, 6.45) is 1.16. The van der Waals surface area contributed by atoms with E-state index in [0.29, 0.717) is 5.92 Å². The van der Waals surface area contributed by atoms with Crippen molar-refractivity contribution in [1.82, 2.24) is 15.3 Å². The van der Waals surface area contributed by atoms with Gasteiger partial charge < -0.3 is 5.32 Å². The molecule has 0 bridgehead atoms. The Kier molecular flexibility index (Phi) is 2.98. The van der Waals surface area contributed by atoms with Gasteiger partial charge in [-0.3, -0.25) is 0 Å². The van der Waals surface area contributed by atoms with E-state index in [1.807, 2.05) is 0 Å². The first-order chi connectivity index (χ1) is 7.47. The van der Waals surface area contributed by atoms with E-state index in [1.165, 1.54) is 0 Å². The molecule has 1 aliphatic heterocycles. The molecule has 1 aromatic rings. The molecule has 0 aromatic carbocycles. The summed E-state index contributed by atoms with van der Waals surface area (Å²) in [5, 5.41) is 3.37. The number of hydrogen-bond acceptors (Lipinski definition) is 3. The van der Waals surface area contributed by atoms with Crippen molar-refractivity contribution in [3.05, 3.63) is 23.3 Å². The van der Waals surface area contributed by atoms with Crippen molar-refractivity contribution < 1.29 is 0 Å². The number of nitrogens with one attached hydrogen (secondary N) is 1. The van der Waals surface area contributed by atoms with E-state index in [1.54, 1.807) is 0 Å². The minimum Gasteiger partial charge on any atom is -0.316 e. The fourth-order valence-corrected chi connectivity index (χ4v) is 2.03. The van der Waals surface area contributed by atoms with Gasteiger partial charge >= 0.3 is 0 Å².